The van der Waals surface area contributed by atoms with Crippen LogP contribution in [-0.2, 0) is 27.2 Å². The molecule has 6 rings (SSSR count). The predicted octanol–water partition coefficient (Wildman–Crippen LogP) is 23.6. The van der Waals surface area contributed by atoms with Gasteiger partial charge in [0.1, 0.15) is 27.2 Å². The van der Waals surface area contributed by atoms with E-state index < -0.39 is 31.2 Å². The van der Waals surface area contributed by atoms with Gasteiger partial charge in [0.15, 0.2) is 49.6 Å². The second kappa shape index (κ2) is 24.0. The first-order valence-corrected chi connectivity index (χ1v) is 36.5. The molecule has 0 unspecified atom stereocenters. The molecule has 40 heteroatoms. The van der Waals surface area contributed by atoms with Gasteiger partial charge in [0, 0.05) is 61.4 Å². The molecule has 0 radical (unpaired) electrons. The molecule has 2 aliphatic heterocycles. The molecule has 78 heavy (non-hydrogen) atoms. The van der Waals surface area contributed by atoms with E-state index in [1.807, 2.05) is 70.6 Å². The Kier molecular flexibility index (Phi) is 22.4. The molecule has 0 atom stereocenters. The van der Waals surface area contributed by atoms with Gasteiger partial charge in [-0.1, -0.05) is 47.0 Å². The van der Waals surface area contributed by atoms with Crippen LogP contribution in [0.4, 0.5) is 101 Å². The Morgan fingerprint density at radius 3 is 0.756 bits per heavy atom. The zero-order chi connectivity index (χ0) is 60.3. The van der Waals surface area contributed by atoms with Gasteiger partial charge in [-0.2, -0.15) is 0 Å². The van der Waals surface area contributed by atoms with E-state index in [1.165, 1.54) is 73.4 Å². The van der Waals surface area contributed by atoms with Crippen LogP contribution in [0.15, 0.2) is 124 Å². The number of hydrogen-bond acceptors (Lipinski definition) is 8. The molecule has 4 aromatic heterocycles. The van der Waals surface area contributed by atoms with Crippen molar-refractivity contribution in [2.75, 3.05) is 24.0 Å². The summed E-state index contributed by atoms with van der Waals surface area (Å²) in [4.78, 5) is 0. The molecule has 0 saturated heterocycles. The summed E-state index contributed by atoms with van der Waals surface area (Å²) in [6, 6.07) is 17.6. The van der Waals surface area contributed by atoms with Crippen LogP contribution in [0.3, 0.4) is 0 Å². The van der Waals surface area contributed by atoms with Gasteiger partial charge in [0.05, 0.1) is 25.4 Å². The number of rotatable bonds is 16. The van der Waals surface area contributed by atoms with Crippen molar-refractivity contribution in [2.24, 2.45) is 14.1 Å². The van der Waals surface area contributed by atoms with Crippen molar-refractivity contribution in [1.82, 2.24) is 0 Å². The first-order valence-electron chi connectivity index (χ1n) is 20.7. The molecule has 0 saturated carbocycles. The summed E-state index contributed by atoms with van der Waals surface area (Å²) in [5, 5.41) is 0. The van der Waals surface area contributed by atoms with Crippen molar-refractivity contribution in [1.29, 1.82) is 0 Å². The fourth-order valence-electron chi connectivity index (χ4n) is 5.25. The molecule has 4 aromatic rings. The minimum absolute atomic E-state index is 1.06. The standard InChI is InChI=1S/C38H44N4S8.4F6P/c1-39-19-9-29(10-20-39)31-13-23-41(24-14-31)17-5-7-27-45-35-36(50-38(49-35)37-47-33(43-3)34(44-4)48-37)46-28-8-6-18-42-25-15-32(16-26-42)30-11-21-40(2)22-12-30;4*1-7(2,3,4,5)6/h9-16,19-26H,5-8,17-18,27-28H2,1-4H3;;;;/q+4;4*-1. The van der Waals surface area contributed by atoms with Crippen LogP contribution in [0.25, 0.3) is 22.3 Å². The maximum atomic E-state index is 9.87. The van der Waals surface area contributed by atoms with Crippen molar-refractivity contribution in [3.05, 3.63) is 124 Å². The molecule has 0 aliphatic carbocycles. The van der Waals surface area contributed by atoms with Crippen molar-refractivity contribution >= 4 is 125 Å². The number of hydrogen-bond donors (Lipinski definition) is 0. The third-order valence-corrected chi connectivity index (χ3v) is 19.5. The third kappa shape index (κ3) is 45.2. The van der Waals surface area contributed by atoms with E-state index in [0.29, 0.717) is 0 Å². The summed E-state index contributed by atoms with van der Waals surface area (Å²) in [6.45, 7) is 2.12. The van der Waals surface area contributed by atoms with Gasteiger partial charge in [-0.3, -0.25) is 0 Å². The molecule has 4 nitrogen and oxygen atoms in total. The van der Waals surface area contributed by atoms with Crippen LogP contribution >= 0.6 is 125 Å². The van der Waals surface area contributed by atoms with E-state index in [-0.39, 0.29) is 0 Å². The summed E-state index contributed by atoms with van der Waals surface area (Å²) in [5.74, 6) is 2.32. The third-order valence-electron chi connectivity index (χ3n) is 8.11. The second-order valence-corrected chi connectivity index (χ2v) is 32.8. The fourth-order valence-corrected chi connectivity index (χ4v) is 16.5. The number of unbranched alkanes of at least 4 members (excludes halogenated alkanes) is 2. The Morgan fingerprint density at radius 1 is 0.333 bits per heavy atom. The number of nitrogens with zero attached hydrogens (tertiary/aromatic N) is 4. The first-order chi connectivity index (χ1) is 34.3. The summed E-state index contributed by atoms with van der Waals surface area (Å²) >= 11 is 15.9. The zero-order valence-corrected chi connectivity index (χ0v) is 49.9. The van der Waals surface area contributed by atoms with E-state index in [9.17, 15) is 101 Å². The zero-order valence-electron chi connectivity index (χ0n) is 39.8. The van der Waals surface area contributed by atoms with E-state index in [1.54, 1.807) is 0 Å². The maximum absolute atomic E-state index is 10.7. The van der Waals surface area contributed by atoms with Crippen LogP contribution in [0.1, 0.15) is 25.7 Å². The molecule has 0 aromatic carbocycles. The van der Waals surface area contributed by atoms with Crippen LogP contribution in [-0.4, -0.2) is 24.0 Å². The van der Waals surface area contributed by atoms with E-state index in [4.69, 9.17) is 0 Å². The van der Waals surface area contributed by atoms with Crippen LogP contribution in [0.5, 0.6) is 0 Å². The summed E-state index contributed by atoms with van der Waals surface area (Å²) in [5.41, 5.74) is 5.06. The SMILES string of the molecule is CSC1=C(SC)SC(=C2SC(SCCCC[n+]3ccc(-c4cc[n+](C)cc4)cc3)=C(SCCCC[n+]3ccc(-c4cc[n+](C)cc4)cc3)S2)S1.F[P-](F)(F)(F)(F)F.F[P-](F)(F)(F)(F)F.F[P-](F)(F)(F)(F)F.F[P-](F)(F)(F)(F)F. The van der Waals surface area contributed by atoms with Gasteiger partial charge in [-0.05, 0) is 59.1 Å². The number of pyridine rings is 4. The Bertz CT molecular complexity index is 2480. The number of aromatic nitrogens is 4. The Labute approximate surface area is 464 Å². The van der Waals surface area contributed by atoms with Gasteiger partial charge in [0.25, 0.3) is 0 Å². The van der Waals surface area contributed by atoms with Gasteiger partial charge in [0.2, 0.25) is 0 Å². The van der Waals surface area contributed by atoms with E-state index >= 15 is 0 Å². The van der Waals surface area contributed by atoms with Crippen LogP contribution in [0.2, 0.25) is 0 Å². The van der Waals surface area contributed by atoms with Crippen molar-refractivity contribution in [3.8, 4) is 22.3 Å². The molecule has 0 N–H and O–H groups in total. The van der Waals surface area contributed by atoms with Crippen molar-refractivity contribution in [3.63, 3.8) is 0 Å². The van der Waals surface area contributed by atoms with Crippen molar-refractivity contribution in [2.45, 2.75) is 38.8 Å². The van der Waals surface area contributed by atoms with Gasteiger partial charge in [-0.15, -0.1) is 47.0 Å². The fraction of sp³-hybridized carbons (Fsp3) is 0.316. The second-order valence-electron chi connectivity index (χ2n) is 15.6. The number of thioether (sulfide) groups is 8. The predicted molar refractivity (Wildman–Crippen MR) is 283 cm³/mol. The topological polar surface area (TPSA) is 15.5 Å². The van der Waals surface area contributed by atoms with Gasteiger partial charge in [-0.25, -0.2) is 18.3 Å². The molecular weight excluding hydrogens is 1350 g/mol. The monoisotopic (exact) mass is 1390 g/mol. The Morgan fingerprint density at radius 2 is 0.538 bits per heavy atom. The molecule has 0 fully saturated rings. The van der Waals surface area contributed by atoms with Gasteiger partial charge >= 0.3 is 132 Å². The normalized spacial score (nSPS) is 17.8. The summed E-state index contributed by atoms with van der Waals surface area (Å²) in [6.07, 6.45) is 26.5. The Hall–Kier alpha value is -1.34. The van der Waals surface area contributed by atoms with Crippen LogP contribution < -0.4 is 18.3 Å². The summed E-state index contributed by atoms with van der Waals surface area (Å²) in [7, 11) is -38.5. The van der Waals surface area contributed by atoms with Crippen LogP contribution in [0, 0.1) is 0 Å². The minimum atomic E-state index is -10.7. The Balaban J connectivity index is 0.000000606. The molecule has 0 amide bonds. The molecule has 452 valence electrons. The quantitative estimate of drug-likeness (QED) is 0.0471. The van der Waals surface area contributed by atoms with E-state index in [2.05, 4.69) is 167 Å². The number of aryl methyl sites for hydroxylation is 4. The number of halogens is 24. The van der Waals surface area contributed by atoms with E-state index in [0.717, 1.165) is 24.6 Å². The molecular formula is C38H44F24N4P4S8. The van der Waals surface area contributed by atoms with Gasteiger partial charge < -0.3 is 0 Å². The molecule has 0 spiro atoms. The molecule has 0 bridgehead atoms. The average molecular weight is 1390 g/mol. The van der Waals surface area contributed by atoms with Crippen molar-refractivity contribution < 1.29 is 119 Å². The molecule has 2 aliphatic rings. The summed E-state index contributed by atoms with van der Waals surface area (Å²) < 4.78 is 254. The molecule has 6 heterocycles. The first kappa shape index (κ1) is 72.8. The average Bonchev–Trinajstić information content (AvgIpc) is 3.84.